The lowest BCUT2D eigenvalue weighted by Gasteiger charge is -2.13. The Morgan fingerprint density at radius 3 is 2.65 bits per heavy atom. The van der Waals surface area contributed by atoms with E-state index in [0.29, 0.717) is 17.0 Å². The molecular formula is C20H16N2O3S. The fourth-order valence-electron chi connectivity index (χ4n) is 2.91. The van der Waals surface area contributed by atoms with E-state index < -0.39 is 0 Å². The van der Waals surface area contributed by atoms with Gasteiger partial charge in [-0.3, -0.25) is 14.5 Å². The molecule has 0 unspecified atom stereocenters. The number of thiophene rings is 1. The Morgan fingerprint density at radius 2 is 1.96 bits per heavy atom. The van der Waals surface area contributed by atoms with Crippen molar-refractivity contribution in [1.29, 1.82) is 0 Å². The van der Waals surface area contributed by atoms with Gasteiger partial charge in [0.05, 0.1) is 18.4 Å². The van der Waals surface area contributed by atoms with Gasteiger partial charge in [0, 0.05) is 10.6 Å². The zero-order chi connectivity index (χ0) is 18.1. The number of benzene rings is 1. The highest BCUT2D eigenvalue weighted by atomic mass is 32.1. The Kier molecular flexibility index (Phi) is 4.18. The van der Waals surface area contributed by atoms with Crippen molar-refractivity contribution in [3.63, 3.8) is 0 Å². The van der Waals surface area contributed by atoms with E-state index in [2.05, 4.69) is 5.32 Å². The monoisotopic (exact) mass is 364 g/mol. The number of hydrogen-bond donors (Lipinski definition) is 1. The van der Waals surface area contributed by atoms with E-state index in [9.17, 15) is 9.59 Å². The van der Waals surface area contributed by atoms with Crippen LogP contribution in [0.1, 0.15) is 16.2 Å². The number of hydrogen-bond acceptors (Lipinski definition) is 5. The second-order valence-electron chi connectivity index (χ2n) is 6.00. The average Bonchev–Trinajstić information content (AvgIpc) is 3.35. The normalized spacial score (nSPS) is 14.4. The van der Waals surface area contributed by atoms with E-state index in [4.69, 9.17) is 4.42 Å². The van der Waals surface area contributed by atoms with Gasteiger partial charge in [-0.25, -0.2) is 0 Å². The molecule has 2 amide bonds. The van der Waals surface area contributed by atoms with Crippen molar-refractivity contribution in [3.8, 4) is 0 Å². The van der Waals surface area contributed by atoms with Crippen LogP contribution in [0.2, 0.25) is 0 Å². The molecule has 0 atom stereocenters. The Labute approximate surface area is 154 Å². The van der Waals surface area contributed by atoms with E-state index in [1.807, 2.05) is 48.7 Å². The van der Waals surface area contributed by atoms with E-state index in [1.165, 1.54) is 22.5 Å². The summed E-state index contributed by atoms with van der Waals surface area (Å²) in [5.74, 6) is -0.102. The zero-order valence-corrected chi connectivity index (χ0v) is 14.9. The molecular weight excluding hydrogens is 348 g/mol. The van der Waals surface area contributed by atoms with E-state index in [-0.39, 0.29) is 18.4 Å². The third-order valence-electron chi connectivity index (χ3n) is 4.12. The van der Waals surface area contributed by atoms with Crippen LogP contribution in [-0.2, 0) is 16.1 Å². The van der Waals surface area contributed by atoms with Gasteiger partial charge >= 0.3 is 0 Å². The number of furan rings is 1. The molecule has 5 nitrogen and oxygen atoms in total. The maximum absolute atomic E-state index is 13.0. The maximum atomic E-state index is 13.0. The SMILES string of the molecule is Cc1cccc(NC2=C(c3cccs3)C(=O)N(Cc3ccco3)C2=O)c1. The topological polar surface area (TPSA) is 62.6 Å². The second kappa shape index (κ2) is 6.65. The van der Waals surface area contributed by atoms with Crippen LogP contribution in [-0.4, -0.2) is 16.7 Å². The third-order valence-corrected chi connectivity index (χ3v) is 5.00. The summed E-state index contributed by atoms with van der Waals surface area (Å²) < 4.78 is 5.30. The first kappa shape index (κ1) is 16.4. The summed E-state index contributed by atoms with van der Waals surface area (Å²) in [7, 11) is 0. The molecule has 4 rings (SSSR count). The Morgan fingerprint density at radius 1 is 1.08 bits per heavy atom. The third kappa shape index (κ3) is 2.95. The number of aryl methyl sites for hydroxylation is 1. The number of carbonyl (C=O) groups is 2. The zero-order valence-electron chi connectivity index (χ0n) is 14.1. The predicted octanol–water partition coefficient (Wildman–Crippen LogP) is 4.04. The van der Waals surface area contributed by atoms with E-state index >= 15 is 0 Å². The lowest BCUT2D eigenvalue weighted by Crippen LogP contribution is -2.31. The quantitative estimate of drug-likeness (QED) is 0.694. The van der Waals surface area contributed by atoms with Gasteiger partial charge in [-0.05, 0) is 48.2 Å². The summed E-state index contributed by atoms with van der Waals surface area (Å²) in [5.41, 5.74) is 2.54. The first-order chi connectivity index (χ1) is 12.6. The first-order valence-corrected chi connectivity index (χ1v) is 9.02. The molecule has 0 fully saturated rings. The molecule has 0 saturated carbocycles. The second-order valence-corrected chi connectivity index (χ2v) is 6.95. The lowest BCUT2D eigenvalue weighted by molar-refractivity contribution is -0.137. The minimum absolute atomic E-state index is 0.110. The number of nitrogens with one attached hydrogen (secondary N) is 1. The van der Waals surface area contributed by atoms with Gasteiger partial charge in [-0.1, -0.05) is 18.2 Å². The number of imide groups is 1. The molecule has 0 radical (unpaired) electrons. The summed E-state index contributed by atoms with van der Waals surface area (Å²) >= 11 is 1.43. The molecule has 3 heterocycles. The van der Waals surface area contributed by atoms with Crippen molar-refractivity contribution < 1.29 is 14.0 Å². The molecule has 0 spiro atoms. The summed E-state index contributed by atoms with van der Waals surface area (Å²) in [6.07, 6.45) is 1.53. The van der Waals surface area contributed by atoms with Crippen LogP contribution in [0.3, 0.4) is 0 Å². The highest BCUT2D eigenvalue weighted by molar-refractivity contribution is 7.11. The molecule has 26 heavy (non-hydrogen) atoms. The van der Waals surface area contributed by atoms with Gasteiger partial charge in [0.1, 0.15) is 11.5 Å². The fraction of sp³-hybridized carbons (Fsp3) is 0.100. The molecule has 1 aliphatic rings. The Hall–Kier alpha value is -3.12. The van der Waals surface area contributed by atoms with Gasteiger partial charge in [0.2, 0.25) is 0 Å². The van der Waals surface area contributed by atoms with Gasteiger partial charge < -0.3 is 9.73 Å². The molecule has 0 aliphatic carbocycles. The molecule has 130 valence electrons. The smallest absolute Gasteiger partial charge is 0.278 e. The minimum atomic E-state index is -0.351. The van der Waals surface area contributed by atoms with Crippen LogP contribution in [0.25, 0.3) is 5.57 Å². The van der Waals surface area contributed by atoms with Crippen LogP contribution in [0.4, 0.5) is 5.69 Å². The Balaban J connectivity index is 1.73. The highest BCUT2D eigenvalue weighted by Gasteiger charge is 2.40. The number of nitrogens with zero attached hydrogens (tertiary/aromatic N) is 1. The molecule has 2 aromatic heterocycles. The fourth-order valence-corrected chi connectivity index (χ4v) is 3.68. The van der Waals surface area contributed by atoms with Gasteiger partial charge in [-0.2, -0.15) is 0 Å². The summed E-state index contributed by atoms with van der Waals surface area (Å²) in [6, 6.07) is 14.9. The van der Waals surface area contributed by atoms with Gasteiger partial charge in [0.15, 0.2) is 0 Å². The molecule has 1 N–H and O–H groups in total. The standard InChI is InChI=1S/C20H16N2O3S/c1-13-5-2-6-14(11-13)21-18-17(16-8-4-10-26-16)19(23)22(20(18)24)12-15-7-3-9-25-15/h2-11,21H,12H2,1H3. The molecule has 6 heteroatoms. The van der Waals surface area contributed by atoms with Crippen molar-refractivity contribution in [2.75, 3.05) is 5.32 Å². The van der Waals surface area contributed by atoms with Crippen LogP contribution < -0.4 is 5.32 Å². The molecule has 0 bridgehead atoms. The van der Waals surface area contributed by atoms with E-state index in [0.717, 1.165) is 16.1 Å². The number of anilines is 1. The van der Waals surface area contributed by atoms with Crippen LogP contribution in [0, 0.1) is 6.92 Å². The van der Waals surface area contributed by atoms with Crippen LogP contribution in [0.15, 0.2) is 70.3 Å². The molecule has 0 saturated heterocycles. The summed E-state index contributed by atoms with van der Waals surface area (Å²) in [5, 5.41) is 5.04. The predicted molar refractivity (Wildman–Crippen MR) is 100 cm³/mol. The number of carbonyl (C=O) groups excluding carboxylic acids is 2. The van der Waals surface area contributed by atoms with E-state index in [1.54, 1.807) is 12.1 Å². The molecule has 1 aromatic carbocycles. The Bertz CT molecular complexity index is 988. The maximum Gasteiger partial charge on any atom is 0.278 e. The van der Waals surface area contributed by atoms with Gasteiger partial charge in [-0.15, -0.1) is 11.3 Å². The van der Waals surface area contributed by atoms with Crippen molar-refractivity contribution >= 4 is 34.4 Å². The van der Waals surface area contributed by atoms with Crippen LogP contribution in [0.5, 0.6) is 0 Å². The van der Waals surface area contributed by atoms with Crippen molar-refractivity contribution in [2.24, 2.45) is 0 Å². The van der Waals surface area contributed by atoms with Crippen molar-refractivity contribution in [3.05, 3.63) is 82.1 Å². The largest absolute Gasteiger partial charge is 0.467 e. The molecule has 3 aromatic rings. The average molecular weight is 364 g/mol. The number of rotatable bonds is 5. The number of amides is 2. The van der Waals surface area contributed by atoms with Crippen LogP contribution >= 0.6 is 11.3 Å². The van der Waals surface area contributed by atoms with Crippen molar-refractivity contribution in [2.45, 2.75) is 13.5 Å². The summed E-state index contributed by atoms with van der Waals surface area (Å²) in [4.78, 5) is 27.9. The van der Waals surface area contributed by atoms with Gasteiger partial charge in [0.25, 0.3) is 11.8 Å². The summed E-state index contributed by atoms with van der Waals surface area (Å²) in [6.45, 7) is 2.09. The van der Waals surface area contributed by atoms with Crippen molar-refractivity contribution in [1.82, 2.24) is 4.90 Å². The molecule has 1 aliphatic heterocycles. The highest BCUT2D eigenvalue weighted by Crippen LogP contribution is 2.33. The lowest BCUT2D eigenvalue weighted by atomic mass is 10.1. The minimum Gasteiger partial charge on any atom is -0.467 e. The first-order valence-electron chi connectivity index (χ1n) is 8.14.